The summed E-state index contributed by atoms with van der Waals surface area (Å²) in [5.41, 5.74) is 2.77. The molecule has 1 aliphatic rings. The summed E-state index contributed by atoms with van der Waals surface area (Å²) in [4.78, 5) is 14.6. The molecule has 1 atom stereocenters. The van der Waals surface area contributed by atoms with Crippen LogP contribution in [0.2, 0.25) is 0 Å². The van der Waals surface area contributed by atoms with E-state index in [1.165, 1.54) is 0 Å². The zero-order valence-corrected chi connectivity index (χ0v) is 16.3. The number of benzene rings is 2. The van der Waals surface area contributed by atoms with Crippen molar-refractivity contribution in [2.45, 2.75) is 25.9 Å². The Labute approximate surface area is 156 Å². The summed E-state index contributed by atoms with van der Waals surface area (Å²) in [6.45, 7) is 5.25. The van der Waals surface area contributed by atoms with Crippen LogP contribution in [0.3, 0.4) is 0 Å². The van der Waals surface area contributed by atoms with E-state index in [2.05, 4.69) is 48.0 Å². The number of morpholine rings is 1. The number of hydrogen-bond donors (Lipinski definition) is 0. The van der Waals surface area contributed by atoms with E-state index in [0.29, 0.717) is 13.2 Å². The minimum absolute atomic E-state index is 0.00203. The number of methoxy groups -OCH3 is 1. The van der Waals surface area contributed by atoms with Crippen LogP contribution in [-0.2, 0) is 21.6 Å². The van der Waals surface area contributed by atoms with E-state index in [0.717, 1.165) is 26.9 Å². The van der Waals surface area contributed by atoms with Crippen molar-refractivity contribution in [1.29, 1.82) is 0 Å². The third-order valence-corrected chi connectivity index (χ3v) is 5.13. The largest absolute Gasteiger partial charge is 0.497 e. The van der Waals surface area contributed by atoms with Gasteiger partial charge in [0.25, 0.3) is 0 Å². The zero-order chi connectivity index (χ0) is 18.0. The summed E-state index contributed by atoms with van der Waals surface area (Å²) in [6.07, 6.45) is 0. The predicted molar refractivity (Wildman–Crippen MR) is 101 cm³/mol. The van der Waals surface area contributed by atoms with Gasteiger partial charge in [0.2, 0.25) is 5.91 Å². The maximum atomic E-state index is 12.6. The van der Waals surface area contributed by atoms with E-state index in [4.69, 9.17) is 9.47 Å². The highest BCUT2D eigenvalue weighted by molar-refractivity contribution is 9.10. The summed E-state index contributed by atoms with van der Waals surface area (Å²) >= 11 is 3.56. The molecule has 1 amide bonds. The van der Waals surface area contributed by atoms with Gasteiger partial charge in [0.15, 0.2) is 0 Å². The molecule has 1 fully saturated rings. The lowest BCUT2D eigenvalue weighted by atomic mass is 9.88. The first-order valence-corrected chi connectivity index (χ1v) is 9.00. The number of halogens is 1. The molecule has 4 nitrogen and oxygen atoms in total. The fourth-order valence-corrected chi connectivity index (χ4v) is 3.84. The number of ether oxygens (including phenoxy) is 2. The monoisotopic (exact) mass is 403 g/mol. The van der Waals surface area contributed by atoms with Crippen molar-refractivity contribution < 1.29 is 14.3 Å². The minimum Gasteiger partial charge on any atom is -0.497 e. The quantitative estimate of drug-likeness (QED) is 0.772. The minimum atomic E-state index is -0.510. The fraction of sp³-hybridized carbons (Fsp3) is 0.350. The second-order valence-corrected chi connectivity index (χ2v) is 7.53. The van der Waals surface area contributed by atoms with Gasteiger partial charge in [0, 0.05) is 11.0 Å². The molecule has 1 saturated heterocycles. The number of nitrogens with zero attached hydrogens (tertiary/aromatic N) is 1. The summed E-state index contributed by atoms with van der Waals surface area (Å²) in [6, 6.07) is 14.1. The van der Waals surface area contributed by atoms with Crippen LogP contribution in [0.25, 0.3) is 0 Å². The molecule has 0 spiro atoms. The van der Waals surface area contributed by atoms with Crippen molar-refractivity contribution in [1.82, 2.24) is 4.90 Å². The number of rotatable bonds is 4. The fourth-order valence-electron chi connectivity index (χ4n) is 3.23. The first-order valence-electron chi connectivity index (χ1n) is 8.21. The van der Waals surface area contributed by atoms with Crippen LogP contribution in [0.5, 0.6) is 5.75 Å². The Hall–Kier alpha value is -1.85. The topological polar surface area (TPSA) is 38.8 Å². The van der Waals surface area contributed by atoms with Gasteiger partial charge < -0.3 is 14.4 Å². The van der Waals surface area contributed by atoms with Crippen molar-refractivity contribution >= 4 is 21.8 Å². The van der Waals surface area contributed by atoms with Gasteiger partial charge in [-0.2, -0.15) is 0 Å². The molecule has 0 bridgehead atoms. The third kappa shape index (κ3) is 3.72. The standard InChI is InChI=1S/C20H22BrNO3/c1-14-8-16(10-17(21)9-14)20(2)13-25-12-19(23)22(20)11-15-4-6-18(24-3)7-5-15/h4-10H,11-13H2,1-3H3. The van der Waals surface area contributed by atoms with Gasteiger partial charge in [0.05, 0.1) is 19.3 Å². The summed E-state index contributed by atoms with van der Waals surface area (Å²) < 4.78 is 11.8. The van der Waals surface area contributed by atoms with Crippen LogP contribution in [-0.4, -0.2) is 31.1 Å². The second kappa shape index (κ2) is 7.18. The maximum Gasteiger partial charge on any atom is 0.249 e. The lowest BCUT2D eigenvalue weighted by Crippen LogP contribution is -2.55. The van der Waals surface area contributed by atoms with E-state index in [1.807, 2.05) is 29.2 Å². The van der Waals surface area contributed by atoms with Gasteiger partial charge in [-0.25, -0.2) is 0 Å². The smallest absolute Gasteiger partial charge is 0.249 e. The first-order chi connectivity index (χ1) is 11.9. The van der Waals surface area contributed by atoms with E-state index in [9.17, 15) is 4.79 Å². The number of aryl methyl sites for hydroxylation is 1. The number of carbonyl (C=O) groups excluding carboxylic acids is 1. The maximum absolute atomic E-state index is 12.6. The molecule has 0 aromatic heterocycles. The van der Waals surface area contributed by atoms with Crippen LogP contribution < -0.4 is 4.74 Å². The van der Waals surface area contributed by atoms with Gasteiger partial charge >= 0.3 is 0 Å². The Balaban J connectivity index is 1.96. The van der Waals surface area contributed by atoms with Gasteiger partial charge in [0.1, 0.15) is 12.4 Å². The molecule has 0 saturated carbocycles. The normalized spacial score (nSPS) is 20.6. The number of carbonyl (C=O) groups is 1. The van der Waals surface area contributed by atoms with E-state index >= 15 is 0 Å². The van der Waals surface area contributed by atoms with Crippen molar-refractivity contribution in [2.24, 2.45) is 0 Å². The zero-order valence-electron chi connectivity index (χ0n) is 14.7. The Morgan fingerprint density at radius 3 is 2.60 bits per heavy atom. The Kier molecular flexibility index (Phi) is 5.16. The molecule has 0 radical (unpaired) electrons. The molecule has 2 aromatic carbocycles. The molecule has 132 valence electrons. The van der Waals surface area contributed by atoms with Gasteiger partial charge in [-0.3, -0.25) is 4.79 Å². The Bertz CT molecular complexity index is 755. The summed E-state index contributed by atoms with van der Waals surface area (Å²) in [5, 5.41) is 0. The van der Waals surface area contributed by atoms with E-state index in [1.54, 1.807) is 7.11 Å². The van der Waals surface area contributed by atoms with Crippen molar-refractivity contribution in [2.75, 3.05) is 20.3 Å². The molecule has 0 aliphatic carbocycles. The molecule has 0 N–H and O–H groups in total. The van der Waals surface area contributed by atoms with Crippen LogP contribution in [0.4, 0.5) is 0 Å². The molecule has 5 heteroatoms. The average molecular weight is 404 g/mol. The lowest BCUT2D eigenvalue weighted by molar-refractivity contribution is -0.159. The molecule has 25 heavy (non-hydrogen) atoms. The number of hydrogen-bond acceptors (Lipinski definition) is 3. The van der Waals surface area contributed by atoms with Crippen LogP contribution in [0, 0.1) is 6.92 Å². The summed E-state index contributed by atoms with van der Waals surface area (Å²) in [7, 11) is 1.65. The second-order valence-electron chi connectivity index (χ2n) is 6.61. The average Bonchev–Trinajstić information content (AvgIpc) is 2.58. The van der Waals surface area contributed by atoms with Gasteiger partial charge in [-0.15, -0.1) is 0 Å². The van der Waals surface area contributed by atoms with Crippen molar-refractivity contribution in [3.8, 4) is 5.75 Å². The predicted octanol–water partition coefficient (Wildman–Crippen LogP) is 4.04. The highest BCUT2D eigenvalue weighted by atomic mass is 79.9. The first kappa shape index (κ1) is 18.0. The molecular formula is C20H22BrNO3. The highest BCUT2D eigenvalue weighted by Gasteiger charge is 2.41. The van der Waals surface area contributed by atoms with Crippen LogP contribution >= 0.6 is 15.9 Å². The highest BCUT2D eigenvalue weighted by Crippen LogP contribution is 2.35. The molecule has 1 heterocycles. The molecule has 3 rings (SSSR count). The third-order valence-electron chi connectivity index (χ3n) is 4.67. The SMILES string of the molecule is COc1ccc(CN2C(=O)COCC2(C)c2cc(C)cc(Br)c2)cc1. The van der Waals surface area contributed by atoms with Crippen LogP contribution in [0.1, 0.15) is 23.6 Å². The van der Waals surface area contributed by atoms with Gasteiger partial charge in [-0.05, 0) is 54.8 Å². The molecule has 2 aromatic rings. The molecular weight excluding hydrogens is 382 g/mol. The van der Waals surface area contributed by atoms with Crippen molar-refractivity contribution in [3.05, 3.63) is 63.6 Å². The van der Waals surface area contributed by atoms with Crippen molar-refractivity contribution in [3.63, 3.8) is 0 Å². The Morgan fingerprint density at radius 1 is 1.24 bits per heavy atom. The lowest BCUT2D eigenvalue weighted by Gasteiger charge is -2.45. The molecule has 1 unspecified atom stereocenters. The van der Waals surface area contributed by atoms with Gasteiger partial charge in [-0.1, -0.05) is 34.1 Å². The summed E-state index contributed by atoms with van der Waals surface area (Å²) in [5.74, 6) is 0.810. The Morgan fingerprint density at radius 2 is 1.96 bits per heavy atom. The van der Waals surface area contributed by atoms with Crippen LogP contribution in [0.15, 0.2) is 46.9 Å². The molecule has 1 aliphatic heterocycles. The van der Waals surface area contributed by atoms with E-state index < -0.39 is 5.54 Å². The van der Waals surface area contributed by atoms with E-state index in [-0.39, 0.29) is 12.5 Å². The number of amides is 1.